The van der Waals surface area contributed by atoms with Gasteiger partial charge in [-0.15, -0.1) is 0 Å². The molecule has 1 aliphatic rings. The standard InChI is InChI=1S/C42H31NO/c1-3-10-30(11-4-1)32-18-24-35(25-19-32)43(36-26-20-33(21-27-36)31-12-5-2-6-13-31)37-28-22-34(23-29-37)38-15-9-16-40-39-14-7-8-17-41(39)44-42(38)40/h1,3-5,7-29H,2,6H2. The maximum atomic E-state index is 6.34. The van der Waals surface area contributed by atoms with Crippen molar-refractivity contribution in [2.75, 3.05) is 4.90 Å². The van der Waals surface area contributed by atoms with E-state index in [4.69, 9.17) is 4.42 Å². The van der Waals surface area contributed by atoms with Crippen molar-refractivity contribution in [3.05, 3.63) is 169 Å². The molecule has 0 atom stereocenters. The third kappa shape index (κ3) is 4.81. The fourth-order valence-electron chi connectivity index (χ4n) is 6.28. The molecule has 0 N–H and O–H groups in total. The Kier molecular flexibility index (Phi) is 6.66. The first-order chi connectivity index (χ1) is 21.8. The Morgan fingerprint density at radius 1 is 0.455 bits per heavy atom. The topological polar surface area (TPSA) is 16.4 Å². The lowest BCUT2D eigenvalue weighted by Crippen LogP contribution is -2.10. The Labute approximate surface area is 257 Å². The van der Waals surface area contributed by atoms with Crippen LogP contribution in [0.25, 0.3) is 49.8 Å². The Hall–Kier alpha value is -5.60. The summed E-state index contributed by atoms with van der Waals surface area (Å²) in [5.41, 5.74) is 12.4. The number of allylic oxidation sites excluding steroid dienone is 4. The monoisotopic (exact) mass is 565 g/mol. The highest BCUT2D eigenvalue weighted by atomic mass is 16.3. The molecule has 1 aliphatic carbocycles. The molecule has 0 unspecified atom stereocenters. The molecule has 7 aromatic rings. The van der Waals surface area contributed by atoms with Gasteiger partial charge >= 0.3 is 0 Å². The maximum absolute atomic E-state index is 6.34. The predicted octanol–water partition coefficient (Wildman–Crippen LogP) is 12.1. The fraction of sp³-hybridized carbons (Fsp3) is 0.0476. The van der Waals surface area contributed by atoms with Crippen LogP contribution in [0.5, 0.6) is 0 Å². The minimum absolute atomic E-state index is 0.916. The molecule has 210 valence electrons. The second kappa shape index (κ2) is 11.2. The maximum Gasteiger partial charge on any atom is 0.143 e. The van der Waals surface area contributed by atoms with Gasteiger partial charge in [0.15, 0.2) is 0 Å². The highest BCUT2D eigenvalue weighted by molar-refractivity contribution is 6.09. The molecule has 0 radical (unpaired) electrons. The zero-order valence-corrected chi connectivity index (χ0v) is 24.4. The van der Waals surface area contributed by atoms with Crippen molar-refractivity contribution in [2.45, 2.75) is 12.8 Å². The van der Waals surface area contributed by atoms with Gasteiger partial charge < -0.3 is 9.32 Å². The van der Waals surface area contributed by atoms with Gasteiger partial charge in [0.05, 0.1) is 0 Å². The van der Waals surface area contributed by atoms with E-state index in [1.165, 1.54) is 22.3 Å². The number of hydrogen-bond acceptors (Lipinski definition) is 2. The molecule has 0 saturated carbocycles. The minimum atomic E-state index is 0.916. The lowest BCUT2D eigenvalue weighted by Gasteiger charge is -2.26. The van der Waals surface area contributed by atoms with Crippen molar-refractivity contribution in [1.29, 1.82) is 0 Å². The average molecular weight is 566 g/mol. The first kappa shape index (κ1) is 26.1. The van der Waals surface area contributed by atoms with Crippen LogP contribution in [0.4, 0.5) is 17.1 Å². The van der Waals surface area contributed by atoms with Crippen molar-refractivity contribution in [1.82, 2.24) is 0 Å². The van der Waals surface area contributed by atoms with Gasteiger partial charge in [-0.1, -0.05) is 121 Å². The number of anilines is 3. The number of benzene rings is 6. The quantitative estimate of drug-likeness (QED) is 0.199. The van der Waals surface area contributed by atoms with Gasteiger partial charge in [0.1, 0.15) is 11.2 Å². The summed E-state index contributed by atoms with van der Waals surface area (Å²) in [6.45, 7) is 0. The predicted molar refractivity (Wildman–Crippen MR) is 186 cm³/mol. The normalized spacial score (nSPS) is 12.9. The number of nitrogens with zero attached hydrogens (tertiary/aromatic N) is 1. The van der Waals surface area contributed by atoms with Gasteiger partial charge in [-0.25, -0.2) is 0 Å². The van der Waals surface area contributed by atoms with E-state index in [9.17, 15) is 0 Å². The van der Waals surface area contributed by atoms with Crippen LogP contribution in [0.1, 0.15) is 18.4 Å². The van der Waals surface area contributed by atoms with Crippen LogP contribution >= 0.6 is 0 Å². The summed E-state index contributed by atoms with van der Waals surface area (Å²) in [4.78, 5) is 2.33. The van der Waals surface area contributed by atoms with Crippen LogP contribution in [-0.4, -0.2) is 0 Å². The van der Waals surface area contributed by atoms with E-state index < -0.39 is 0 Å². The molecular formula is C42H31NO. The zero-order chi connectivity index (χ0) is 29.3. The summed E-state index contributed by atoms with van der Waals surface area (Å²) in [5, 5.41) is 2.29. The molecule has 6 aromatic carbocycles. The van der Waals surface area contributed by atoms with E-state index in [0.29, 0.717) is 0 Å². The smallest absolute Gasteiger partial charge is 0.143 e. The second-order valence-corrected chi connectivity index (χ2v) is 11.3. The summed E-state index contributed by atoms with van der Waals surface area (Å²) in [6.07, 6.45) is 9.05. The van der Waals surface area contributed by atoms with Crippen molar-refractivity contribution >= 4 is 44.6 Å². The molecule has 0 fully saturated rings. The molecule has 1 aromatic heterocycles. The van der Waals surface area contributed by atoms with Gasteiger partial charge in [-0.05, 0) is 83.1 Å². The van der Waals surface area contributed by atoms with Crippen LogP contribution < -0.4 is 4.90 Å². The van der Waals surface area contributed by atoms with E-state index in [0.717, 1.165) is 63.0 Å². The molecule has 0 amide bonds. The number of rotatable bonds is 6. The molecule has 1 heterocycles. The first-order valence-corrected chi connectivity index (χ1v) is 15.3. The molecule has 44 heavy (non-hydrogen) atoms. The van der Waals surface area contributed by atoms with Crippen LogP contribution in [0.15, 0.2) is 168 Å². The molecule has 0 saturated heterocycles. The van der Waals surface area contributed by atoms with Crippen LogP contribution in [0, 0.1) is 0 Å². The van der Waals surface area contributed by atoms with Gasteiger partial charge in [0.25, 0.3) is 0 Å². The molecule has 0 spiro atoms. The third-order valence-corrected chi connectivity index (χ3v) is 8.53. The van der Waals surface area contributed by atoms with Crippen molar-refractivity contribution in [3.8, 4) is 22.3 Å². The summed E-state index contributed by atoms with van der Waals surface area (Å²) in [7, 11) is 0. The van der Waals surface area contributed by atoms with Crippen molar-refractivity contribution in [2.24, 2.45) is 0 Å². The molecule has 0 bridgehead atoms. The van der Waals surface area contributed by atoms with Crippen LogP contribution in [0.3, 0.4) is 0 Å². The van der Waals surface area contributed by atoms with Crippen molar-refractivity contribution < 1.29 is 4.42 Å². The fourth-order valence-corrected chi connectivity index (χ4v) is 6.28. The lowest BCUT2D eigenvalue weighted by atomic mass is 9.99. The van der Waals surface area contributed by atoms with Gasteiger partial charge in [0, 0.05) is 33.4 Å². The molecule has 2 heteroatoms. The SMILES string of the molecule is C1=CC(c2ccc(N(c3ccc(-c4ccccc4)cc3)c3ccc(-c4cccc5c4oc4ccccc45)cc3)cc2)=CCC1. The highest BCUT2D eigenvalue weighted by Crippen LogP contribution is 2.39. The average Bonchev–Trinajstić information content (AvgIpc) is 3.49. The largest absolute Gasteiger partial charge is 0.455 e. The van der Waals surface area contributed by atoms with E-state index in [2.05, 4.69) is 157 Å². The number of furan rings is 1. The molecule has 2 nitrogen and oxygen atoms in total. The van der Waals surface area contributed by atoms with Crippen LogP contribution in [0.2, 0.25) is 0 Å². The van der Waals surface area contributed by atoms with Crippen molar-refractivity contribution in [3.63, 3.8) is 0 Å². The second-order valence-electron chi connectivity index (χ2n) is 11.3. The van der Waals surface area contributed by atoms with E-state index >= 15 is 0 Å². The minimum Gasteiger partial charge on any atom is -0.455 e. The summed E-state index contributed by atoms with van der Waals surface area (Å²) in [5.74, 6) is 0. The highest BCUT2D eigenvalue weighted by Gasteiger charge is 2.16. The van der Waals surface area contributed by atoms with E-state index in [-0.39, 0.29) is 0 Å². The Morgan fingerprint density at radius 3 is 1.73 bits per heavy atom. The van der Waals surface area contributed by atoms with Crippen LogP contribution in [-0.2, 0) is 0 Å². The number of para-hydroxylation sites is 2. The molecule has 8 rings (SSSR count). The first-order valence-electron chi connectivity index (χ1n) is 15.3. The zero-order valence-electron chi connectivity index (χ0n) is 24.4. The van der Waals surface area contributed by atoms with Gasteiger partial charge in [-0.3, -0.25) is 0 Å². The Morgan fingerprint density at radius 2 is 1.05 bits per heavy atom. The summed E-state index contributed by atoms with van der Waals surface area (Å²) in [6, 6.07) is 51.8. The van der Waals surface area contributed by atoms with E-state index in [1.54, 1.807) is 0 Å². The lowest BCUT2D eigenvalue weighted by molar-refractivity contribution is 0.670. The van der Waals surface area contributed by atoms with Gasteiger partial charge in [0.2, 0.25) is 0 Å². The molecular weight excluding hydrogens is 534 g/mol. The van der Waals surface area contributed by atoms with Gasteiger partial charge in [-0.2, -0.15) is 0 Å². The summed E-state index contributed by atoms with van der Waals surface area (Å²) >= 11 is 0. The van der Waals surface area contributed by atoms with E-state index in [1.807, 2.05) is 12.1 Å². The number of hydrogen-bond donors (Lipinski definition) is 0. The summed E-state index contributed by atoms with van der Waals surface area (Å²) < 4.78 is 6.34. The Balaban J connectivity index is 1.19. The Bertz CT molecular complexity index is 2130. The number of fused-ring (bicyclic) bond motifs is 3. The molecule has 0 aliphatic heterocycles. The third-order valence-electron chi connectivity index (χ3n) is 8.53.